The molecule has 0 saturated carbocycles. The van der Waals surface area contributed by atoms with E-state index in [-0.39, 0.29) is 24.7 Å². The van der Waals surface area contributed by atoms with Gasteiger partial charge in [0.2, 0.25) is 5.91 Å². The van der Waals surface area contributed by atoms with Gasteiger partial charge in [-0.15, -0.1) is 10.2 Å². The number of hydrogen-bond donors (Lipinski definition) is 1. The molecule has 2 aliphatic heterocycles. The molecule has 9 heteroatoms. The minimum absolute atomic E-state index is 0.0101. The van der Waals surface area contributed by atoms with Crippen LogP contribution in [0.5, 0.6) is 0 Å². The highest BCUT2D eigenvalue weighted by Crippen LogP contribution is 2.40. The molecule has 3 rings (SSSR count). The smallest absolute Gasteiger partial charge is 0.341 e. The Kier molecular flexibility index (Phi) is 4.80. The number of alkyl halides is 3. The van der Waals surface area contributed by atoms with Crippen LogP contribution in [0.1, 0.15) is 50.2 Å². The van der Waals surface area contributed by atoms with Gasteiger partial charge in [-0.1, -0.05) is 0 Å². The van der Waals surface area contributed by atoms with Crippen molar-refractivity contribution in [3.05, 3.63) is 11.6 Å². The number of halogens is 3. The first-order chi connectivity index (χ1) is 11.4. The van der Waals surface area contributed by atoms with Crippen molar-refractivity contribution in [1.29, 1.82) is 0 Å². The van der Waals surface area contributed by atoms with Crippen molar-refractivity contribution in [2.75, 3.05) is 13.1 Å². The molecule has 6 nitrogen and oxygen atoms in total. The highest BCUT2D eigenvalue weighted by atomic mass is 19.4. The van der Waals surface area contributed by atoms with E-state index in [2.05, 4.69) is 15.5 Å². The first kappa shape index (κ1) is 17.2. The summed E-state index contributed by atoms with van der Waals surface area (Å²) in [5.74, 6) is -1.07. The second-order valence-electron chi connectivity index (χ2n) is 6.50. The lowest BCUT2D eigenvalue weighted by Gasteiger charge is -2.26. The Morgan fingerprint density at radius 2 is 1.96 bits per heavy atom. The van der Waals surface area contributed by atoms with Crippen molar-refractivity contribution in [3.8, 4) is 0 Å². The van der Waals surface area contributed by atoms with E-state index in [1.807, 2.05) is 4.90 Å². The zero-order valence-electron chi connectivity index (χ0n) is 13.6. The van der Waals surface area contributed by atoms with Gasteiger partial charge < -0.3 is 9.47 Å². The monoisotopic (exact) mass is 345 g/mol. The van der Waals surface area contributed by atoms with Crippen molar-refractivity contribution < 1.29 is 18.0 Å². The second-order valence-corrected chi connectivity index (χ2v) is 6.50. The largest absolute Gasteiger partial charge is 0.398 e. The highest BCUT2D eigenvalue weighted by molar-refractivity contribution is 5.81. The zero-order chi connectivity index (χ0) is 17.3. The minimum Gasteiger partial charge on any atom is -0.341 e. The number of nitrogens with zero attached hydrogens (tertiary/aromatic N) is 4. The predicted octanol–water partition coefficient (Wildman–Crippen LogP) is 1.82. The van der Waals surface area contributed by atoms with Crippen LogP contribution in [-0.4, -0.2) is 50.9 Å². The maximum atomic E-state index is 13.1. The molecule has 3 heterocycles. The molecule has 0 bridgehead atoms. The lowest BCUT2D eigenvalue weighted by molar-refractivity contribution is -0.156. The Balaban J connectivity index is 1.64. The fourth-order valence-electron chi connectivity index (χ4n) is 3.42. The fourth-order valence-corrected chi connectivity index (χ4v) is 3.42. The number of fused-ring (bicyclic) bond motifs is 1. The third kappa shape index (κ3) is 3.40. The van der Waals surface area contributed by atoms with Crippen LogP contribution in [0.2, 0.25) is 0 Å². The van der Waals surface area contributed by atoms with Gasteiger partial charge in [-0.3, -0.25) is 10.1 Å². The molecule has 24 heavy (non-hydrogen) atoms. The molecule has 0 radical (unpaired) electrons. The van der Waals surface area contributed by atoms with Gasteiger partial charge >= 0.3 is 6.18 Å². The number of rotatable bonds is 4. The predicted molar refractivity (Wildman–Crippen MR) is 80.2 cm³/mol. The number of aromatic nitrogens is 3. The van der Waals surface area contributed by atoms with Gasteiger partial charge in [0.15, 0.2) is 0 Å². The lowest BCUT2D eigenvalue weighted by Crippen LogP contribution is -2.43. The van der Waals surface area contributed by atoms with Crippen LogP contribution >= 0.6 is 0 Å². The molecule has 134 valence electrons. The van der Waals surface area contributed by atoms with Crippen molar-refractivity contribution in [2.24, 2.45) is 0 Å². The Hall–Kier alpha value is -1.64. The van der Waals surface area contributed by atoms with Crippen LogP contribution in [0.3, 0.4) is 0 Å². The average molecular weight is 345 g/mol. The van der Waals surface area contributed by atoms with Crippen molar-refractivity contribution in [3.63, 3.8) is 0 Å². The van der Waals surface area contributed by atoms with Crippen LogP contribution in [0.15, 0.2) is 0 Å². The number of carbonyl (C=O) groups is 1. The highest BCUT2D eigenvalue weighted by Gasteiger charge is 2.45. The topological polar surface area (TPSA) is 63.1 Å². The SMILES string of the molecule is C[C@H](NCc1nnc2n1CCC[C@H]2C(F)(F)F)C(=O)N1CCCC1. The molecule has 2 atom stereocenters. The van der Waals surface area contributed by atoms with Crippen LogP contribution < -0.4 is 5.32 Å². The first-order valence-corrected chi connectivity index (χ1v) is 8.39. The number of amides is 1. The molecule has 1 saturated heterocycles. The summed E-state index contributed by atoms with van der Waals surface area (Å²) in [6.07, 6.45) is -1.75. The normalized spacial score (nSPS) is 22.5. The van der Waals surface area contributed by atoms with Gasteiger partial charge in [-0.2, -0.15) is 13.2 Å². The lowest BCUT2D eigenvalue weighted by atomic mass is 9.98. The van der Waals surface area contributed by atoms with E-state index in [9.17, 15) is 18.0 Å². The number of nitrogens with one attached hydrogen (secondary N) is 1. The standard InChI is InChI=1S/C15H22F3N5O/c1-10(14(24)22-6-2-3-7-22)19-9-12-20-21-13-11(15(16,17)18)5-4-8-23(12)13/h10-11,19H,2-9H2,1H3/t10-,11+/m0/s1. The van der Waals surface area contributed by atoms with Gasteiger partial charge in [-0.25, -0.2) is 0 Å². The summed E-state index contributed by atoms with van der Waals surface area (Å²) < 4.78 is 40.8. The number of likely N-dealkylation sites (tertiary alicyclic amines) is 1. The second kappa shape index (κ2) is 6.70. The van der Waals surface area contributed by atoms with E-state index in [0.717, 1.165) is 25.9 Å². The summed E-state index contributed by atoms with van der Waals surface area (Å²) in [4.78, 5) is 14.1. The first-order valence-electron chi connectivity index (χ1n) is 8.39. The zero-order valence-corrected chi connectivity index (χ0v) is 13.6. The number of hydrogen-bond acceptors (Lipinski definition) is 4. The summed E-state index contributed by atoms with van der Waals surface area (Å²) in [5.41, 5.74) is 0. The van der Waals surface area contributed by atoms with Crippen LogP contribution in [-0.2, 0) is 17.9 Å². The fraction of sp³-hybridized carbons (Fsp3) is 0.800. The molecule has 0 aliphatic carbocycles. The van der Waals surface area contributed by atoms with E-state index in [0.29, 0.717) is 18.8 Å². The van der Waals surface area contributed by atoms with E-state index < -0.39 is 18.1 Å². The summed E-state index contributed by atoms with van der Waals surface area (Å²) >= 11 is 0. The van der Waals surface area contributed by atoms with Gasteiger partial charge in [-0.05, 0) is 32.6 Å². The molecule has 0 aromatic carbocycles. The van der Waals surface area contributed by atoms with Gasteiger partial charge in [0, 0.05) is 19.6 Å². The Morgan fingerprint density at radius 3 is 2.62 bits per heavy atom. The van der Waals surface area contributed by atoms with Gasteiger partial charge in [0.25, 0.3) is 0 Å². The van der Waals surface area contributed by atoms with Crippen molar-refractivity contribution in [1.82, 2.24) is 25.0 Å². The molecule has 1 N–H and O–H groups in total. The molecule has 2 aliphatic rings. The molecular formula is C15H22F3N5O. The van der Waals surface area contributed by atoms with Gasteiger partial charge in [0.05, 0.1) is 12.6 Å². The van der Waals surface area contributed by atoms with E-state index in [1.54, 1.807) is 11.5 Å². The molecular weight excluding hydrogens is 323 g/mol. The molecule has 0 spiro atoms. The van der Waals surface area contributed by atoms with Crippen LogP contribution in [0, 0.1) is 0 Å². The Labute approximate surface area is 138 Å². The number of carbonyl (C=O) groups excluding carboxylic acids is 1. The van der Waals surface area contributed by atoms with E-state index in [1.165, 1.54) is 0 Å². The van der Waals surface area contributed by atoms with E-state index in [4.69, 9.17) is 0 Å². The summed E-state index contributed by atoms with van der Waals surface area (Å²) in [5, 5.41) is 10.7. The molecule has 1 amide bonds. The minimum atomic E-state index is -4.30. The quantitative estimate of drug-likeness (QED) is 0.904. The van der Waals surface area contributed by atoms with Crippen LogP contribution in [0.4, 0.5) is 13.2 Å². The maximum absolute atomic E-state index is 13.1. The van der Waals surface area contributed by atoms with Crippen LogP contribution in [0.25, 0.3) is 0 Å². The van der Waals surface area contributed by atoms with Crippen molar-refractivity contribution >= 4 is 5.91 Å². The molecule has 1 aromatic rings. The molecule has 0 unspecified atom stereocenters. The molecule has 1 fully saturated rings. The summed E-state index contributed by atoms with van der Waals surface area (Å²) in [6, 6.07) is -0.391. The summed E-state index contributed by atoms with van der Waals surface area (Å²) in [7, 11) is 0. The third-order valence-electron chi connectivity index (χ3n) is 4.79. The third-order valence-corrected chi connectivity index (χ3v) is 4.79. The summed E-state index contributed by atoms with van der Waals surface area (Å²) in [6.45, 7) is 4.04. The Bertz CT molecular complexity index is 594. The average Bonchev–Trinajstić information content (AvgIpc) is 3.20. The maximum Gasteiger partial charge on any atom is 0.398 e. The Morgan fingerprint density at radius 1 is 1.25 bits per heavy atom. The molecule has 1 aromatic heterocycles. The van der Waals surface area contributed by atoms with Gasteiger partial charge in [0.1, 0.15) is 17.6 Å². The van der Waals surface area contributed by atoms with E-state index >= 15 is 0 Å². The van der Waals surface area contributed by atoms with Crippen molar-refractivity contribution in [2.45, 2.75) is 63.8 Å².